The molecule has 1 saturated carbocycles. The Morgan fingerprint density at radius 3 is 2.90 bits per heavy atom. The second-order valence-electron chi connectivity index (χ2n) is 5.25. The maximum absolute atomic E-state index is 12.4. The Kier molecular flexibility index (Phi) is 3.56. The Balaban J connectivity index is 2.04. The van der Waals surface area contributed by atoms with E-state index in [0.717, 1.165) is 30.5 Å². The molecule has 2 aliphatic heterocycles. The number of hydrogen-bond donors (Lipinski definition) is 1. The number of carbonyl (C=O) groups is 1. The van der Waals surface area contributed by atoms with Crippen molar-refractivity contribution in [1.82, 2.24) is 10.2 Å². The zero-order valence-electron chi connectivity index (χ0n) is 11.6. The van der Waals surface area contributed by atoms with E-state index in [0.29, 0.717) is 17.3 Å². The Morgan fingerprint density at radius 2 is 2.30 bits per heavy atom. The molecule has 1 amide bonds. The molecule has 6 heteroatoms. The van der Waals surface area contributed by atoms with Gasteiger partial charge in [0.15, 0.2) is 5.84 Å². The number of carbonyl (C=O) groups excluding carboxylic acids is 1. The van der Waals surface area contributed by atoms with Crippen molar-refractivity contribution in [1.29, 1.82) is 0 Å². The molecule has 0 radical (unpaired) electrons. The molecular weight excluding hydrogens is 278 g/mol. The van der Waals surface area contributed by atoms with Gasteiger partial charge in [0.25, 0.3) is 5.91 Å². The SMILES string of the molecule is CCC1=CN=C2C(=C(Cl)C1)NC(OC)C(=O)N2C1CC1. The fourth-order valence-corrected chi connectivity index (χ4v) is 2.79. The highest BCUT2D eigenvalue weighted by Crippen LogP contribution is 2.34. The monoisotopic (exact) mass is 295 g/mol. The third-order valence-corrected chi connectivity index (χ3v) is 4.14. The average Bonchev–Trinajstić information content (AvgIpc) is 3.27. The first-order chi connectivity index (χ1) is 9.65. The van der Waals surface area contributed by atoms with Crippen LogP contribution in [0.4, 0.5) is 0 Å². The summed E-state index contributed by atoms with van der Waals surface area (Å²) < 4.78 is 5.24. The number of aliphatic imine (C=N–C) groups is 1. The first-order valence-corrected chi connectivity index (χ1v) is 7.30. The van der Waals surface area contributed by atoms with Crippen molar-refractivity contribution >= 4 is 23.3 Å². The minimum absolute atomic E-state index is 0.0877. The minimum atomic E-state index is -0.679. The maximum Gasteiger partial charge on any atom is 0.278 e. The Labute approximate surface area is 123 Å². The largest absolute Gasteiger partial charge is 0.353 e. The highest BCUT2D eigenvalue weighted by molar-refractivity contribution is 6.33. The van der Waals surface area contributed by atoms with Gasteiger partial charge >= 0.3 is 0 Å². The lowest BCUT2D eigenvalue weighted by molar-refractivity contribution is -0.141. The molecule has 3 rings (SSSR count). The molecule has 5 nitrogen and oxygen atoms in total. The lowest BCUT2D eigenvalue weighted by Gasteiger charge is -2.35. The molecule has 0 aromatic rings. The van der Waals surface area contributed by atoms with Crippen molar-refractivity contribution in [3.63, 3.8) is 0 Å². The third-order valence-electron chi connectivity index (χ3n) is 3.81. The van der Waals surface area contributed by atoms with E-state index in [1.165, 1.54) is 7.11 Å². The van der Waals surface area contributed by atoms with Crippen molar-refractivity contribution in [2.45, 2.75) is 44.9 Å². The van der Waals surface area contributed by atoms with E-state index in [-0.39, 0.29) is 11.9 Å². The number of nitrogens with one attached hydrogen (secondary N) is 1. The molecule has 1 atom stereocenters. The summed E-state index contributed by atoms with van der Waals surface area (Å²) in [6.07, 6.45) is 4.73. The van der Waals surface area contributed by atoms with Crippen LogP contribution in [0, 0.1) is 0 Å². The lowest BCUT2D eigenvalue weighted by atomic mass is 10.1. The molecule has 2 heterocycles. The molecule has 0 spiro atoms. The van der Waals surface area contributed by atoms with E-state index in [9.17, 15) is 4.79 Å². The van der Waals surface area contributed by atoms with Gasteiger partial charge in [-0.1, -0.05) is 18.5 Å². The average molecular weight is 296 g/mol. The number of rotatable bonds is 3. The zero-order valence-corrected chi connectivity index (χ0v) is 12.4. The molecule has 1 N–H and O–H groups in total. The zero-order chi connectivity index (χ0) is 14.3. The number of piperazine rings is 1. The van der Waals surface area contributed by atoms with Crippen LogP contribution in [0.5, 0.6) is 0 Å². The van der Waals surface area contributed by atoms with Gasteiger partial charge < -0.3 is 10.1 Å². The van der Waals surface area contributed by atoms with Gasteiger partial charge in [0.2, 0.25) is 6.23 Å². The number of hydrogen-bond acceptors (Lipinski definition) is 4. The normalized spacial score (nSPS) is 26.6. The van der Waals surface area contributed by atoms with E-state index >= 15 is 0 Å². The number of halogens is 1. The van der Waals surface area contributed by atoms with Crippen molar-refractivity contribution < 1.29 is 9.53 Å². The van der Waals surface area contributed by atoms with Gasteiger partial charge in [0.1, 0.15) is 0 Å². The van der Waals surface area contributed by atoms with Crippen LogP contribution in [-0.4, -0.2) is 36.0 Å². The molecule has 3 aliphatic rings. The third kappa shape index (κ3) is 2.25. The smallest absolute Gasteiger partial charge is 0.278 e. The number of fused-ring (bicyclic) bond motifs is 1. The fourth-order valence-electron chi connectivity index (χ4n) is 2.48. The van der Waals surface area contributed by atoms with Crippen LogP contribution in [-0.2, 0) is 9.53 Å². The van der Waals surface area contributed by atoms with Crippen molar-refractivity contribution in [2.75, 3.05) is 7.11 Å². The number of amidine groups is 1. The maximum atomic E-state index is 12.4. The van der Waals surface area contributed by atoms with E-state index in [1.807, 2.05) is 6.20 Å². The number of ether oxygens (including phenoxy) is 1. The van der Waals surface area contributed by atoms with Crippen LogP contribution in [0.3, 0.4) is 0 Å². The van der Waals surface area contributed by atoms with Gasteiger partial charge in [-0.15, -0.1) is 0 Å². The molecule has 1 saturated heterocycles. The highest BCUT2D eigenvalue weighted by atomic mass is 35.5. The van der Waals surface area contributed by atoms with Gasteiger partial charge in [-0.05, 0) is 24.8 Å². The quantitative estimate of drug-likeness (QED) is 0.867. The molecule has 20 heavy (non-hydrogen) atoms. The van der Waals surface area contributed by atoms with E-state index in [1.54, 1.807) is 4.90 Å². The summed E-state index contributed by atoms with van der Waals surface area (Å²) in [6, 6.07) is 0.233. The van der Waals surface area contributed by atoms with E-state index in [2.05, 4.69) is 17.2 Å². The fraction of sp³-hybridized carbons (Fsp3) is 0.571. The van der Waals surface area contributed by atoms with Gasteiger partial charge in [0.05, 0.1) is 5.70 Å². The summed E-state index contributed by atoms with van der Waals surface area (Å²) in [5, 5.41) is 3.76. The standard InChI is InChI=1S/C14H18ClN3O2/c1-3-8-6-10(15)11-12(16-7-8)18(9-4-5-9)14(19)13(17-11)20-2/h7,9,13,17H,3-6H2,1-2H3. The molecule has 1 unspecified atom stereocenters. The predicted octanol–water partition coefficient (Wildman–Crippen LogP) is 2.10. The predicted molar refractivity (Wildman–Crippen MR) is 77.1 cm³/mol. The van der Waals surface area contributed by atoms with E-state index < -0.39 is 6.23 Å². The van der Waals surface area contributed by atoms with E-state index in [4.69, 9.17) is 16.3 Å². The van der Waals surface area contributed by atoms with Crippen LogP contribution >= 0.6 is 11.6 Å². The van der Waals surface area contributed by atoms with Crippen molar-refractivity contribution in [2.24, 2.45) is 4.99 Å². The summed E-state index contributed by atoms with van der Waals surface area (Å²) in [5.41, 5.74) is 1.88. The minimum Gasteiger partial charge on any atom is -0.353 e. The Bertz CT molecular complexity index is 535. The van der Waals surface area contributed by atoms with Crippen LogP contribution in [0.2, 0.25) is 0 Å². The first-order valence-electron chi connectivity index (χ1n) is 6.92. The second kappa shape index (κ2) is 5.22. The number of nitrogens with zero attached hydrogens (tertiary/aromatic N) is 2. The van der Waals surface area contributed by atoms with Crippen molar-refractivity contribution in [3.05, 3.63) is 22.5 Å². The Hall–Kier alpha value is -1.33. The molecule has 0 aromatic carbocycles. The first kappa shape index (κ1) is 13.6. The molecule has 2 fully saturated rings. The molecule has 0 aromatic heterocycles. The summed E-state index contributed by atoms with van der Waals surface area (Å²) in [4.78, 5) is 18.7. The lowest BCUT2D eigenvalue weighted by Crippen LogP contribution is -2.58. The molecule has 0 bridgehead atoms. The number of allylic oxidation sites excluding steroid dienone is 2. The summed E-state index contributed by atoms with van der Waals surface area (Å²) >= 11 is 6.43. The van der Waals surface area contributed by atoms with Crippen LogP contribution in [0.1, 0.15) is 32.6 Å². The van der Waals surface area contributed by atoms with Crippen LogP contribution in [0.25, 0.3) is 0 Å². The van der Waals surface area contributed by atoms with Crippen molar-refractivity contribution in [3.8, 4) is 0 Å². The van der Waals surface area contributed by atoms with Gasteiger partial charge in [-0.2, -0.15) is 0 Å². The molecule has 1 aliphatic carbocycles. The second-order valence-corrected chi connectivity index (χ2v) is 5.71. The van der Waals surface area contributed by atoms with Crippen LogP contribution in [0.15, 0.2) is 27.5 Å². The van der Waals surface area contributed by atoms with Gasteiger partial charge in [-0.3, -0.25) is 9.69 Å². The molecular formula is C14H18ClN3O2. The number of amides is 1. The number of methoxy groups -OCH3 is 1. The summed E-state index contributed by atoms with van der Waals surface area (Å²) in [5.74, 6) is 0.551. The van der Waals surface area contributed by atoms with Gasteiger partial charge in [0, 0.05) is 30.8 Å². The Morgan fingerprint density at radius 1 is 1.55 bits per heavy atom. The van der Waals surface area contributed by atoms with Crippen LogP contribution < -0.4 is 5.32 Å². The topological polar surface area (TPSA) is 53.9 Å². The molecule has 108 valence electrons. The summed E-state index contributed by atoms with van der Waals surface area (Å²) in [7, 11) is 1.52. The summed E-state index contributed by atoms with van der Waals surface area (Å²) in [6.45, 7) is 2.07. The van der Waals surface area contributed by atoms with Gasteiger partial charge in [-0.25, -0.2) is 4.99 Å². The highest BCUT2D eigenvalue weighted by Gasteiger charge is 2.44.